The third-order valence-electron chi connectivity index (χ3n) is 3.66. The molecular weight excluding hydrogens is 324 g/mol. The number of unbranched alkanes of at least 4 members (excludes halogenated alkanes) is 1. The van der Waals surface area contributed by atoms with Crippen LogP contribution in [0.25, 0.3) is 0 Å². The minimum Gasteiger partial charge on any atom is -0.322 e. The molecule has 0 fully saturated rings. The maximum absolute atomic E-state index is 12.6. The molecule has 0 heterocycles. The van der Waals surface area contributed by atoms with Crippen molar-refractivity contribution in [2.24, 2.45) is 0 Å². The standard InChI is InChI=1S/C18H22N2O3S/c1-3-4-13-20(2)24(22,23)17-12-8-9-15(14-17)18(21)19-16-10-6-5-7-11-16/h5-12,14H,3-4,13H2,1-2H3,(H,19,21). The average molecular weight is 346 g/mol. The predicted molar refractivity (Wildman–Crippen MR) is 95.6 cm³/mol. The molecule has 0 aliphatic heterocycles. The molecule has 0 saturated carbocycles. The second kappa shape index (κ2) is 8.08. The average Bonchev–Trinajstić information content (AvgIpc) is 2.60. The number of para-hydroxylation sites is 1. The van der Waals surface area contributed by atoms with Gasteiger partial charge in [-0.05, 0) is 36.8 Å². The Morgan fingerprint density at radius 1 is 1.08 bits per heavy atom. The highest BCUT2D eigenvalue weighted by molar-refractivity contribution is 7.89. The summed E-state index contributed by atoms with van der Waals surface area (Å²) in [4.78, 5) is 12.4. The first kappa shape index (κ1) is 18.2. The van der Waals surface area contributed by atoms with Crippen LogP contribution in [0.3, 0.4) is 0 Å². The van der Waals surface area contributed by atoms with Crippen molar-refractivity contribution in [2.45, 2.75) is 24.7 Å². The number of hydrogen-bond acceptors (Lipinski definition) is 3. The lowest BCUT2D eigenvalue weighted by Gasteiger charge is -2.17. The molecule has 2 rings (SSSR count). The van der Waals surface area contributed by atoms with E-state index >= 15 is 0 Å². The zero-order valence-corrected chi connectivity index (χ0v) is 14.7. The van der Waals surface area contributed by atoms with Gasteiger partial charge in [0.05, 0.1) is 4.90 Å². The van der Waals surface area contributed by atoms with E-state index in [1.165, 1.54) is 16.4 Å². The van der Waals surface area contributed by atoms with Crippen molar-refractivity contribution < 1.29 is 13.2 Å². The van der Waals surface area contributed by atoms with Crippen LogP contribution in [0.4, 0.5) is 5.69 Å². The summed E-state index contributed by atoms with van der Waals surface area (Å²) in [6.45, 7) is 2.47. The van der Waals surface area contributed by atoms with Gasteiger partial charge in [-0.25, -0.2) is 12.7 Å². The monoisotopic (exact) mass is 346 g/mol. The van der Waals surface area contributed by atoms with Gasteiger partial charge >= 0.3 is 0 Å². The fraction of sp³-hybridized carbons (Fsp3) is 0.278. The number of nitrogens with zero attached hydrogens (tertiary/aromatic N) is 1. The largest absolute Gasteiger partial charge is 0.322 e. The molecule has 2 aromatic rings. The molecule has 1 amide bonds. The zero-order chi connectivity index (χ0) is 17.6. The van der Waals surface area contributed by atoms with Gasteiger partial charge in [0.2, 0.25) is 10.0 Å². The van der Waals surface area contributed by atoms with Crippen molar-refractivity contribution in [3.05, 3.63) is 60.2 Å². The first-order valence-electron chi connectivity index (χ1n) is 7.88. The molecule has 24 heavy (non-hydrogen) atoms. The molecule has 1 N–H and O–H groups in total. The zero-order valence-electron chi connectivity index (χ0n) is 13.9. The van der Waals surface area contributed by atoms with Crippen LogP contribution >= 0.6 is 0 Å². The molecule has 0 spiro atoms. The van der Waals surface area contributed by atoms with Gasteiger partial charge < -0.3 is 5.32 Å². The number of hydrogen-bond donors (Lipinski definition) is 1. The molecule has 0 unspecified atom stereocenters. The topological polar surface area (TPSA) is 66.5 Å². The molecule has 128 valence electrons. The first-order valence-corrected chi connectivity index (χ1v) is 9.32. The van der Waals surface area contributed by atoms with E-state index in [1.54, 1.807) is 31.3 Å². The van der Waals surface area contributed by atoms with Gasteiger partial charge in [0.25, 0.3) is 5.91 Å². The molecule has 0 saturated heterocycles. The lowest BCUT2D eigenvalue weighted by atomic mass is 10.2. The number of benzene rings is 2. The quantitative estimate of drug-likeness (QED) is 0.836. The summed E-state index contributed by atoms with van der Waals surface area (Å²) in [6.07, 6.45) is 1.71. The van der Waals surface area contributed by atoms with Crippen LogP contribution in [-0.4, -0.2) is 32.2 Å². The summed E-state index contributed by atoms with van der Waals surface area (Å²) >= 11 is 0. The van der Waals surface area contributed by atoms with Crippen molar-refractivity contribution in [3.8, 4) is 0 Å². The lowest BCUT2D eigenvalue weighted by molar-refractivity contribution is 0.102. The van der Waals surface area contributed by atoms with Crippen molar-refractivity contribution in [3.63, 3.8) is 0 Å². The summed E-state index contributed by atoms with van der Waals surface area (Å²) in [5, 5.41) is 2.75. The Labute approximate surface area is 143 Å². The molecule has 0 aliphatic carbocycles. The highest BCUT2D eigenvalue weighted by Gasteiger charge is 2.21. The van der Waals surface area contributed by atoms with Crippen molar-refractivity contribution in [2.75, 3.05) is 18.9 Å². The van der Waals surface area contributed by atoms with Crippen molar-refractivity contribution in [1.29, 1.82) is 0 Å². The van der Waals surface area contributed by atoms with Crippen molar-refractivity contribution in [1.82, 2.24) is 4.31 Å². The molecule has 0 aromatic heterocycles. The van der Waals surface area contributed by atoms with E-state index in [0.29, 0.717) is 17.8 Å². The van der Waals surface area contributed by atoms with Crippen LogP contribution < -0.4 is 5.32 Å². The lowest BCUT2D eigenvalue weighted by Crippen LogP contribution is -2.28. The highest BCUT2D eigenvalue weighted by Crippen LogP contribution is 2.17. The predicted octanol–water partition coefficient (Wildman–Crippen LogP) is 3.36. The van der Waals surface area contributed by atoms with Gasteiger partial charge in [-0.3, -0.25) is 4.79 Å². The summed E-state index contributed by atoms with van der Waals surface area (Å²) in [5.41, 5.74) is 0.972. The van der Waals surface area contributed by atoms with E-state index < -0.39 is 10.0 Å². The van der Waals surface area contributed by atoms with E-state index in [2.05, 4.69) is 5.32 Å². The second-order valence-electron chi connectivity index (χ2n) is 5.53. The minimum absolute atomic E-state index is 0.127. The first-order chi connectivity index (χ1) is 11.4. The smallest absolute Gasteiger partial charge is 0.255 e. The van der Waals surface area contributed by atoms with Gasteiger partial charge in [-0.2, -0.15) is 0 Å². The summed E-state index contributed by atoms with van der Waals surface area (Å²) in [7, 11) is -2.03. The Kier molecular flexibility index (Phi) is 6.11. The number of anilines is 1. The highest BCUT2D eigenvalue weighted by atomic mass is 32.2. The molecule has 6 heteroatoms. The van der Waals surface area contributed by atoms with Crippen LogP contribution in [0.2, 0.25) is 0 Å². The normalized spacial score (nSPS) is 11.5. The summed E-state index contributed by atoms with van der Waals surface area (Å²) in [5.74, 6) is -0.338. The summed E-state index contributed by atoms with van der Waals surface area (Å²) < 4.78 is 26.5. The van der Waals surface area contributed by atoms with Crippen molar-refractivity contribution >= 4 is 21.6 Å². The van der Waals surface area contributed by atoms with Gasteiger partial charge in [-0.15, -0.1) is 0 Å². The number of nitrogens with one attached hydrogen (secondary N) is 1. The van der Waals surface area contributed by atoms with Crippen LogP contribution in [-0.2, 0) is 10.0 Å². The molecule has 0 atom stereocenters. The Morgan fingerprint density at radius 3 is 2.46 bits per heavy atom. The number of rotatable bonds is 7. The van der Waals surface area contributed by atoms with Gasteiger partial charge in [0.15, 0.2) is 0 Å². The molecule has 0 radical (unpaired) electrons. The maximum atomic E-state index is 12.6. The minimum atomic E-state index is -3.59. The fourth-order valence-corrected chi connectivity index (χ4v) is 3.46. The van der Waals surface area contributed by atoms with Crippen LogP contribution in [0.1, 0.15) is 30.1 Å². The number of sulfonamides is 1. The summed E-state index contributed by atoms with van der Waals surface area (Å²) in [6, 6.07) is 15.2. The number of amides is 1. The fourth-order valence-electron chi connectivity index (χ4n) is 2.20. The SMILES string of the molecule is CCCCN(C)S(=O)(=O)c1cccc(C(=O)Nc2ccccc2)c1. The van der Waals surface area contributed by atoms with Crippen LogP contribution in [0.5, 0.6) is 0 Å². The molecular formula is C18H22N2O3S. The Balaban J connectivity index is 2.20. The van der Waals surface area contributed by atoms with E-state index in [-0.39, 0.29) is 10.8 Å². The van der Waals surface area contributed by atoms with Crippen LogP contribution in [0.15, 0.2) is 59.5 Å². The van der Waals surface area contributed by atoms with E-state index in [4.69, 9.17) is 0 Å². The maximum Gasteiger partial charge on any atom is 0.255 e. The molecule has 2 aromatic carbocycles. The van der Waals surface area contributed by atoms with Gasteiger partial charge in [0.1, 0.15) is 0 Å². The van der Waals surface area contributed by atoms with E-state index in [0.717, 1.165) is 12.8 Å². The van der Waals surface area contributed by atoms with Gasteiger partial charge in [0, 0.05) is 24.8 Å². The van der Waals surface area contributed by atoms with Crippen LogP contribution in [0, 0.1) is 0 Å². The number of carbonyl (C=O) groups is 1. The Hall–Kier alpha value is -2.18. The number of carbonyl (C=O) groups excluding carboxylic acids is 1. The third kappa shape index (κ3) is 4.43. The Morgan fingerprint density at radius 2 is 1.79 bits per heavy atom. The molecule has 0 bridgehead atoms. The molecule has 0 aliphatic rings. The third-order valence-corrected chi connectivity index (χ3v) is 5.52. The van der Waals surface area contributed by atoms with Gasteiger partial charge in [-0.1, -0.05) is 37.6 Å². The Bertz CT molecular complexity index is 789. The molecule has 5 nitrogen and oxygen atoms in total. The van der Waals surface area contributed by atoms with E-state index in [9.17, 15) is 13.2 Å². The van der Waals surface area contributed by atoms with E-state index in [1.807, 2.05) is 25.1 Å². The second-order valence-corrected chi connectivity index (χ2v) is 7.57.